The molecule has 0 bridgehead atoms. The lowest BCUT2D eigenvalue weighted by Gasteiger charge is -2.28. The molecule has 9 heteroatoms. The number of hydrogen-bond donors (Lipinski definition) is 2. The van der Waals surface area contributed by atoms with Gasteiger partial charge >= 0.3 is 0 Å². The van der Waals surface area contributed by atoms with Gasteiger partial charge in [0.15, 0.2) is 5.65 Å². The Morgan fingerprint density at radius 3 is 2.53 bits per heavy atom. The van der Waals surface area contributed by atoms with Crippen molar-refractivity contribution >= 4 is 33.3 Å². The van der Waals surface area contributed by atoms with Crippen molar-refractivity contribution in [3.8, 4) is 0 Å². The number of H-pyrrole nitrogens is 1. The zero-order valence-electron chi connectivity index (χ0n) is 23.1. The molecule has 1 fully saturated rings. The van der Waals surface area contributed by atoms with Gasteiger partial charge in [-0.05, 0) is 41.8 Å². The molecule has 38 heavy (non-hydrogen) atoms. The van der Waals surface area contributed by atoms with E-state index in [0.29, 0.717) is 42.5 Å². The molecule has 2 N–H and O–H groups in total. The summed E-state index contributed by atoms with van der Waals surface area (Å²) in [7, 11) is -0.783. The molecule has 0 amide bonds. The van der Waals surface area contributed by atoms with Crippen LogP contribution in [0.15, 0.2) is 47.2 Å². The van der Waals surface area contributed by atoms with Crippen LogP contribution in [0, 0.1) is 5.82 Å². The van der Waals surface area contributed by atoms with Gasteiger partial charge in [-0.15, -0.1) is 0 Å². The highest BCUT2D eigenvalue weighted by Crippen LogP contribution is 2.24. The number of pyridine rings is 1. The van der Waals surface area contributed by atoms with Gasteiger partial charge in [-0.1, -0.05) is 40.7 Å². The van der Waals surface area contributed by atoms with E-state index < -0.39 is 10.8 Å². The summed E-state index contributed by atoms with van der Waals surface area (Å²) in [5.74, 6) is 2.73. The van der Waals surface area contributed by atoms with Gasteiger partial charge in [0.2, 0.25) is 0 Å². The van der Waals surface area contributed by atoms with Crippen LogP contribution in [0.25, 0.3) is 11.2 Å². The monoisotopic (exact) mass is 541 g/mol. The molecule has 5 rings (SSSR count). The topological polar surface area (TPSA) is 87.1 Å². The largest absolute Gasteiger partial charge is 0.469 e. The van der Waals surface area contributed by atoms with E-state index in [1.807, 2.05) is 57.1 Å². The number of furan rings is 1. The SMILES string of the molecule is CC.CC.CCc1coc(CCc2nc3nccc(NCc4ccc(N5CCS(=O)CC5)c(F)c4)c3[nH]2)c1. The van der Waals surface area contributed by atoms with E-state index >= 15 is 0 Å². The average molecular weight is 542 g/mol. The Hall–Kier alpha value is -3.20. The third-order valence-corrected chi connectivity index (χ3v) is 7.45. The highest BCUT2D eigenvalue weighted by atomic mass is 32.2. The number of nitrogens with zero attached hydrogens (tertiary/aromatic N) is 3. The Kier molecular flexibility index (Phi) is 11.3. The van der Waals surface area contributed by atoms with E-state index in [2.05, 4.69) is 33.3 Å². The summed E-state index contributed by atoms with van der Waals surface area (Å²) in [5, 5.41) is 3.38. The lowest BCUT2D eigenvalue weighted by Crippen LogP contribution is -2.38. The zero-order chi connectivity index (χ0) is 27.5. The van der Waals surface area contributed by atoms with Crippen molar-refractivity contribution in [2.45, 2.75) is 60.4 Å². The number of benzene rings is 1. The molecule has 1 saturated heterocycles. The van der Waals surface area contributed by atoms with Crippen molar-refractivity contribution in [2.24, 2.45) is 0 Å². The third-order valence-electron chi connectivity index (χ3n) is 6.18. The second-order valence-electron chi connectivity index (χ2n) is 8.49. The fourth-order valence-corrected chi connectivity index (χ4v) is 5.25. The van der Waals surface area contributed by atoms with Gasteiger partial charge < -0.3 is 19.6 Å². The predicted octanol–water partition coefficient (Wildman–Crippen LogP) is 6.27. The number of fused-ring (bicyclic) bond motifs is 1. The number of hydrogen-bond acceptors (Lipinski definition) is 6. The fourth-order valence-electron chi connectivity index (χ4n) is 4.20. The maximum Gasteiger partial charge on any atom is 0.179 e. The number of anilines is 2. The molecular formula is C29H40FN5O2S. The van der Waals surface area contributed by atoms with Crippen LogP contribution < -0.4 is 10.2 Å². The molecule has 0 spiro atoms. The van der Waals surface area contributed by atoms with Crippen LogP contribution in [-0.2, 0) is 36.6 Å². The van der Waals surface area contributed by atoms with Crippen molar-refractivity contribution in [2.75, 3.05) is 34.8 Å². The summed E-state index contributed by atoms with van der Waals surface area (Å²) in [4.78, 5) is 14.3. The molecular weight excluding hydrogens is 501 g/mol. The standard InChI is InChI=1S/C25H28FN5O2S.2C2H6/c1-2-17-13-19(33-16-17)4-6-23-29-24-21(7-8-27-25(24)30-23)28-15-18-3-5-22(20(26)14-18)31-9-11-34(32)12-10-31;2*1-2/h3,5,7-8,13-14,16H,2,4,6,9-12,15H2,1H3,(H2,27,28,29,30);2*1-2H3. The lowest BCUT2D eigenvalue weighted by atomic mass is 10.1. The number of nitrogens with one attached hydrogen (secondary N) is 2. The maximum atomic E-state index is 14.8. The Labute approximate surface area is 227 Å². The minimum absolute atomic E-state index is 0.250. The van der Waals surface area contributed by atoms with Gasteiger partial charge in [0, 0.05) is 61.0 Å². The molecule has 1 aliphatic heterocycles. The fraction of sp³-hybridized carbons (Fsp3) is 0.448. The maximum absolute atomic E-state index is 14.8. The average Bonchev–Trinajstić information content (AvgIpc) is 3.60. The van der Waals surface area contributed by atoms with Gasteiger partial charge in [-0.25, -0.2) is 14.4 Å². The molecule has 0 aliphatic carbocycles. The summed E-state index contributed by atoms with van der Waals surface area (Å²) < 4.78 is 32.0. The molecule has 0 radical (unpaired) electrons. The Morgan fingerprint density at radius 2 is 1.84 bits per heavy atom. The van der Waals surface area contributed by atoms with Crippen LogP contribution in [0.4, 0.5) is 15.8 Å². The highest BCUT2D eigenvalue weighted by Gasteiger charge is 2.18. The second-order valence-corrected chi connectivity index (χ2v) is 10.2. The molecule has 206 valence electrons. The summed E-state index contributed by atoms with van der Waals surface area (Å²) in [6.07, 6.45) is 5.98. The van der Waals surface area contributed by atoms with Crippen LogP contribution in [0.3, 0.4) is 0 Å². The minimum atomic E-state index is -0.783. The van der Waals surface area contributed by atoms with Gasteiger partial charge in [0.05, 0.1) is 17.6 Å². The van der Waals surface area contributed by atoms with E-state index in [0.717, 1.165) is 47.6 Å². The number of aromatic amines is 1. The lowest BCUT2D eigenvalue weighted by molar-refractivity contribution is 0.505. The molecule has 0 atom stereocenters. The van der Waals surface area contributed by atoms with Crippen LogP contribution in [0.1, 0.15) is 57.3 Å². The molecule has 4 heterocycles. The number of halogens is 1. The first-order chi connectivity index (χ1) is 18.6. The predicted molar refractivity (Wildman–Crippen MR) is 156 cm³/mol. The van der Waals surface area contributed by atoms with E-state index in [9.17, 15) is 8.60 Å². The van der Waals surface area contributed by atoms with Gasteiger partial charge in [-0.2, -0.15) is 0 Å². The Bertz CT molecular complexity index is 1310. The molecule has 1 aromatic carbocycles. The van der Waals surface area contributed by atoms with Crippen molar-refractivity contribution in [1.82, 2.24) is 15.0 Å². The van der Waals surface area contributed by atoms with Crippen LogP contribution in [-0.4, -0.2) is 43.8 Å². The minimum Gasteiger partial charge on any atom is -0.469 e. The van der Waals surface area contributed by atoms with Gasteiger partial charge in [0.25, 0.3) is 0 Å². The highest BCUT2D eigenvalue weighted by molar-refractivity contribution is 7.85. The van der Waals surface area contributed by atoms with Crippen molar-refractivity contribution in [1.29, 1.82) is 0 Å². The number of imidazole rings is 1. The normalized spacial score (nSPS) is 13.5. The van der Waals surface area contributed by atoms with Crippen LogP contribution in [0.5, 0.6) is 0 Å². The Balaban J connectivity index is 0.000000956. The Morgan fingerprint density at radius 1 is 1.08 bits per heavy atom. The summed E-state index contributed by atoms with van der Waals surface area (Å²) >= 11 is 0. The molecule has 0 saturated carbocycles. The molecule has 1 aliphatic rings. The summed E-state index contributed by atoms with van der Waals surface area (Å²) in [5.41, 5.74) is 4.98. The molecule has 3 aromatic heterocycles. The smallest absolute Gasteiger partial charge is 0.179 e. The summed E-state index contributed by atoms with van der Waals surface area (Å²) in [6.45, 7) is 11.8. The number of aryl methyl sites for hydroxylation is 3. The second kappa shape index (κ2) is 14.7. The van der Waals surface area contributed by atoms with E-state index in [-0.39, 0.29) is 5.82 Å². The number of rotatable bonds is 8. The van der Waals surface area contributed by atoms with Crippen molar-refractivity contribution in [3.05, 3.63) is 71.3 Å². The first kappa shape index (κ1) is 29.4. The number of aromatic nitrogens is 3. The van der Waals surface area contributed by atoms with E-state index in [4.69, 9.17) is 4.42 Å². The first-order valence-electron chi connectivity index (χ1n) is 13.6. The third kappa shape index (κ3) is 7.43. The van der Waals surface area contributed by atoms with Gasteiger partial charge in [-0.3, -0.25) is 4.21 Å². The molecule has 7 nitrogen and oxygen atoms in total. The van der Waals surface area contributed by atoms with E-state index in [1.165, 1.54) is 5.56 Å². The molecule has 0 unspecified atom stereocenters. The van der Waals surface area contributed by atoms with Crippen molar-refractivity contribution < 1.29 is 13.0 Å². The zero-order valence-corrected chi connectivity index (χ0v) is 24.0. The summed E-state index contributed by atoms with van der Waals surface area (Å²) in [6, 6.07) is 9.29. The van der Waals surface area contributed by atoms with E-state index in [1.54, 1.807) is 12.3 Å². The van der Waals surface area contributed by atoms with Gasteiger partial charge in [0.1, 0.15) is 22.9 Å². The first-order valence-corrected chi connectivity index (χ1v) is 15.1. The molecule has 4 aromatic rings. The van der Waals surface area contributed by atoms with Crippen LogP contribution >= 0.6 is 0 Å². The van der Waals surface area contributed by atoms with Crippen molar-refractivity contribution in [3.63, 3.8) is 0 Å². The quantitative estimate of drug-likeness (QED) is 0.273. The van der Waals surface area contributed by atoms with Crippen LogP contribution in [0.2, 0.25) is 0 Å².